The highest BCUT2D eigenvalue weighted by molar-refractivity contribution is 7.47. The molecule has 9 heteroatoms. The quantitative estimate of drug-likeness (QED) is 0.0243. The van der Waals surface area contributed by atoms with Crippen molar-refractivity contribution in [1.29, 1.82) is 0 Å². The van der Waals surface area contributed by atoms with E-state index in [1.807, 2.05) is 27.2 Å². The van der Waals surface area contributed by atoms with E-state index in [0.29, 0.717) is 17.4 Å². The van der Waals surface area contributed by atoms with Gasteiger partial charge in [-0.2, -0.15) is 0 Å². The number of carbonyl (C=O) groups is 1. The number of phosphoric ester groups is 1. The number of nitrogens with zero attached hydrogens (tertiary/aromatic N) is 1. The predicted molar refractivity (Wildman–Crippen MR) is 332 cm³/mol. The summed E-state index contributed by atoms with van der Waals surface area (Å²) in [6, 6.07) is -0.845. The molecule has 3 unspecified atom stereocenters. The molecule has 0 aliphatic carbocycles. The molecule has 0 aromatic rings. The molecule has 0 saturated carbocycles. The second-order valence-corrected chi connectivity index (χ2v) is 25.7. The Hall–Kier alpha value is -1.28. The largest absolute Gasteiger partial charge is 0.472 e. The lowest BCUT2D eigenvalue weighted by Gasteiger charge is -2.25. The molecule has 0 heterocycles. The highest BCUT2D eigenvalue weighted by atomic mass is 31.2. The van der Waals surface area contributed by atoms with E-state index in [9.17, 15) is 19.4 Å². The number of nitrogens with one attached hydrogen (secondary N) is 1. The van der Waals surface area contributed by atoms with E-state index in [-0.39, 0.29) is 19.1 Å². The molecule has 0 aromatic carbocycles. The maximum Gasteiger partial charge on any atom is 0.472 e. The maximum absolute atomic E-state index is 13.0. The molecule has 0 fully saturated rings. The van der Waals surface area contributed by atoms with Crippen molar-refractivity contribution in [2.75, 3.05) is 40.9 Å². The number of rotatable bonds is 62. The molecule has 8 nitrogen and oxygen atoms in total. The van der Waals surface area contributed by atoms with Crippen molar-refractivity contribution in [2.24, 2.45) is 0 Å². The van der Waals surface area contributed by atoms with Gasteiger partial charge in [0.15, 0.2) is 0 Å². The second-order valence-electron chi connectivity index (χ2n) is 24.2. The number of likely N-dealkylation sites (N-methyl/N-ethyl adjacent to an activating group) is 1. The van der Waals surface area contributed by atoms with E-state index < -0.39 is 20.0 Å². The van der Waals surface area contributed by atoms with Crippen LogP contribution in [0.1, 0.15) is 335 Å². The molecule has 0 saturated heterocycles. The molecule has 3 atom stereocenters. The summed E-state index contributed by atoms with van der Waals surface area (Å²) in [4.78, 5) is 23.4. The number of carbonyl (C=O) groups excluding carboxylic acids is 1. The predicted octanol–water partition coefficient (Wildman–Crippen LogP) is 20.9. The smallest absolute Gasteiger partial charge is 0.387 e. The first-order chi connectivity index (χ1) is 37.0. The van der Waals surface area contributed by atoms with Gasteiger partial charge >= 0.3 is 7.82 Å². The molecule has 0 aliphatic rings. The Balaban J connectivity index is 3.99. The van der Waals surface area contributed by atoms with Crippen molar-refractivity contribution in [3.63, 3.8) is 0 Å². The number of unbranched alkanes of at least 4 members (excludes halogenated alkanes) is 45. The van der Waals surface area contributed by atoms with Gasteiger partial charge in [0, 0.05) is 6.42 Å². The lowest BCUT2D eigenvalue weighted by atomic mass is 10.0. The van der Waals surface area contributed by atoms with E-state index in [1.165, 1.54) is 276 Å². The average molecular weight is 1090 g/mol. The van der Waals surface area contributed by atoms with Crippen molar-refractivity contribution in [3.8, 4) is 0 Å². The fourth-order valence-corrected chi connectivity index (χ4v) is 10.9. The molecule has 1 amide bonds. The molecule has 0 radical (unpaired) electrons. The Kier molecular flexibility index (Phi) is 57.4. The van der Waals surface area contributed by atoms with Crippen molar-refractivity contribution in [1.82, 2.24) is 5.32 Å². The summed E-state index contributed by atoms with van der Waals surface area (Å²) < 4.78 is 23.8. The third kappa shape index (κ3) is 60.4. The molecule has 0 spiro atoms. The monoisotopic (exact) mass is 1090 g/mol. The van der Waals surface area contributed by atoms with Gasteiger partial charge in [0.25, 0.3) is 0 Å². The zero-order valence-corrected chi connectivity index (χ0v) is 52.4. The number of hydrogen-bond donors (Lipinski definition) is 3. The van der Waals surface area contributed by atoms with Crippen LogP contribution in [-0.4, -0.2) is 73.4 Å². The van der Waals surface area contributed by atoms with E-state index in [2.05, 4.69) is 43.5 Å². The Morgan fingerprint density at radius 2 is 0.750 bits per heavy atom. The SMILES string of the molecule is CCCCCCC/C=C\C/C=C\CCCCCCCCCCCCCCCCCCCCCCCCCC(=O)NC(COP(=O)(O)OCC[N+](C)(C)C)C(O)/C=C/CCCCCCCCCCCCCCCCCCC. The molecular formula is C67H132N2O6P+. The van der Waals surface area contributed by atoms with Gasteiger partial charge in [-0.1, -0.05) is 314 Å². The van der Waals surface area contributed by atoms with E-state index in [1.54, 1.807) is 6.08 Å². The minimum Gasteiger partial charge on any atom is -0.387 e. The molecule has 0 aromatic heterocycles. The topological polar surface area (TPSA) is 105 Å². The first-order valence-corrected chi connectivity index (χ1v) is 34.9. The molecule has 0 rings (SSSR count). The first-order valence-electron chi connectivity index (χ1n) is 33.4. The van der Waals surface area contributed by atoms with Crippen molar-refractivity contribution >= 4 is 13.7 Å². The van der Waals surface area contributed by atoms with Crippen LogP contribution in [0.2, 0.25) is 0 Å². The number of aliphatic hydroxyl groups is 1. The van der Waals surface area contributed by atoms with Gasteiger partial charge in [-0.3, -0.25) is 13.8 Å². The lowest BCUT2D eigenvalue weighted by Crippen LogP contribution is -2.45. The van der Waals surface area contributed by atoms with Gasteiger partial charge in [0.05, 0.1) is 39.9 Å². The Morgan fingerprint density at radius 1 is 0.447 bits per heavy atom. The summed E-state index contributed by atoms with van der Waals surface area (Å²) in [5.74, 6) is -0.170. The fourth-order valence-electron chi connectivity index (χ4n) is 10.1. The second kappa shape index (κ2) is 58.4. The van der Waals surface area contributed by atoms with Gasteiger partial charge in [-0.05, 0) is 51.4 Å². The highest BCUT2D eigenvalue weighted by Crippen LogP contribution is 2.43. The lowest BCUT2D eigenvalue weighted by molar-refractivity contribution is -0.870. The van der Waals surface area contributed by atoms with Gasteiger partial charge in [-0.25, -0.2) is 4.57 Å². The summed E-state index contributed by atoms with van der Waals surface area (Å²) in [7, 11) is 1.59. The highest BCUT2D eigenvalue weighted by Gasteiger charge is 2.28. The Bertz CT molecular complexity index is 1330. The summed E-state index contributed by atoms with van der Waals surface area (Å²) >= 11 is 0. The number of amides is 1. The summed E-state index contributed by atoms with van der Waals surface area (Å²) in [6.45, 7) is 4.85. The van der Waals surface area contributed by atoms with Crippen LogP contribution in [-0.2, 0) is 18.4 Å². The summed E-state index contributed by atoms with van der Waals surface area (Å²) in [5.41, 5.74) is 0. The van der Waals surface area contributed by atoms with Gasteiger partial charge in [0.2, 0.25) is 5.91 Å². The van der Waals surface area contributed by atoms with Gasteiger partial charge in [0.1, 0.15) is 13.2 Å². The third-order valence-corrected chi connectivity index (χ3v) is 16.3. The Morgan fingerprint density at radius 3 is 1.08 bits per heavy atom. The zero-order chi connectivity index (χ0) is 55.6. The van der Waals surface area contributed by atoms with Crippen LogP contribution in [0.5, 0.6) is 0 Å². The van der Waals surface area contributed by atoms with Gasteiger partial charge in [-0.15, -0.1) is 0 Å². The van der Waals surface area contributed by atoms with E-state index in [0.717, 1.165) is 38.5 Å². The van der Waals surface area contributed by atoms with Crippen LogP contribution in [0.15, 0.2) is 36.5 Å². The number of aliphatic hydroxyl groups excluding tert-OH is 1. The minimum atomic E-state index is -4.35. The minimum absolute atomic E-state index is 0.0638. The van der Waals surface area contributed by atoms with Crippen LogP contribution in [0.4, 0.5) is 0 Å². The zero-order valence-electron chi connectivity index (χ0n) is 51.5. The summed E-state index contributed by atoms with van der Waals surface area (Å²) in [6.07, 6.45) is 77.1. The first kappa shape index (κ1) is 74.7. The van der Waals surface area contributed by atoms with Crippen molar-refractivity contribution in [3.05, 3.63) is 36.5 Å². The van der Waals surface area contributed by atoms with E-state index >= 15 is 0 Å². The number of allylic oxidation sites excluding steroid dienone is 5. The number of hydrogen-bond acceptors (Lipinski definition) is 5. The van der Waals surface area contributed by atoms with Crippen LogP contribution in [0, 0.1) is 0 Å². The van der Waals surface area contributed by atoms with Crippen LogP contribution < -0.4 is 5.32 Å². The average Bonchev–Trinajstić information content (AvgIpc) is 3.38. The van der Waals surface area contributed by atoms with Crippen LogP contribution in [0.25, 0.3) is 0 Å². The third-order valence-electron chi connectivity index (χ3n) is 15.4. The van der Waals surface area contributed by atoms with Crippen LogP contribution in [0.3, 0.4) is 0 Å². The summed E-state index contributed by atoms with van der Waals surface area (Å²) in [5, 5.41) is 14.0. The normalized spacial score (nSPS) is 13.9. The number of quaternary nitrogens is 1. The maximum atomic E-state index is 13.0. The molecular weight excluding hydrogens is 960 g/mol. The fraction of sp³-hybridized carbons (Fsp3) is 0.896. The molecule has 450 valence electrons. The van der Waals surface area contributed by atoms with Gasteiger partial charge < -0.3 is 19.8 Å². The molecule has 0 aliphatic heterocycles. The number of phosphoric acid groups is 1. The van der Waals surface area contributed by atoms with Crippen molar-refractivity contribution < 1.29 is 32.9 Å². The van der Waals surface area contributed by atoms with E-state index in [4.69, 9.17) is 9.05 Å². The molecule has 3 N–H and O–H groups in total. The Labute approximate surface area is 474 Å². The van der Waals surface area contributed by atoms with Crippen molar-refractivity contribution in [2.45, 2.75) is 347 Å². The standard InChI is InChI=1S/C67H131N2O6P/c1-6-8-10-12-14-16-18-20-22-24-26-27-28-29-30-31-32-33-34-35-36-37-38-39-40-41-43-45-47-49-51-53-55-57-59-61-67(71)68-65(64-75-76(72,73)74-63-62-69(3,4)5)66(70)60-58-56-54-52-50-48-46-44-42-25-23-21-19-17-15-13-11-9-7-2/h18,20,24,26,58,60,65-66,70H,6-17,19,21-23,25,27-57,59,61-64H2,1-5H3,(H-,68,71,72,73)/p+1/b20-18-,26-24-,60-58+. The molecule has 76 heavy (non-hydrogen) atoms. The molecule has 0 bridgehead atoms. The van der Waals surface area contributed by atoms with Crippen LogP contribution >= 0.6 is 7.82 Å².